The van der Waals surface area contributed by atoms with Crippen LogP contribution in [-0.2, 0) is 0 Å². The molecule has 1 N–H and O–H groups in total. The summed E-state index contributed by atoms with van der Waals surface area (Å²) in [5.74, 6) is 1.55. The number of rotatable bonds is 6. The van der Waals surface area contributed by atoms with Crippen LogP contribution in [0.3, 0.4) is 0 Å². The molecule has 0 amide bonds. The van der Waals surface area contributed by atoms with E-state index in [0.29, 0.717) is 28.0 Å². The van der Waals surface area contributed by atoms with E-state index in [1.54, 1.807) is 47.2 Å². The minimum atomic E-state index is -0.657. The van der Waals surface area contributed by atoms with Crippen molar-refractivity contribution in [3.63, 3.8) is 0 Å². The number of nitrogens with zero attached hydrogens (tertiary/aromatic N) is 5. The van der Waals surface area contributed by atoms with Crippen LogP contribution in [0.15, 0.2) is 47.9 Å². The monoisotopic (exact) mass is 327 g/mol. The summed E-state index contributed by atoms with van der Waals surface area (Å²) in [4.78, 5) is 8.33. The summed E-state index contributed by atoms with van der Waals surface area (Å²) in [6.07, 6.45) is 2.76. The van der Waals surface area contributed by atoms with Crippen molar-refractivity contribution in [2.45, 2.75) is 11.3 Å². The molecule has 116 valence electrons. The fourth-order valence-corrected chi connectivity index (χ4v) is 2.54. The molecule has 3 aromatic rings. The molecule has 1 aromatic carbocycles. The lowest BCUT2D eigenvalue weighted by molar-refractivity contribution is 0.126. The Balaban J connectivity index is 1.49. The molecule has 0 saturated carbocycles. The third-order valence-electron chi connectivity index (χ3n) is 2.93. The van der Waals surface area contributed by atoms with Crippen LogP contribution in [0, 0.1) is 11.3 Å². The Kier molecular flexibility index (Phi) is 4.71. The first-order valence-electron chi connectivity index (χ1n) is 6.86. The summed E-state index contributed by atoms with van der Waals surface area (Å²) < 4.78 is 7.07. The zero-order valence-electron chi connectivity index (χ0n) is 12.0. The van der Waals surface area contributed by atoms with Crippen molar-refractivity contribution in [3.05, 3.63) is 48.3 Å². The molecule has 0 saturated heterocycles. The van der Waals surface area contributed by atoms with E-state index in [4.69, 9.17) is 10.00 Å². The second-order valence-corrected chi connectivity index (χ2v) is 5.66. The molecule has 8 heteroatoms. The van der Waals surface area contributed by atoms with Gasteiger partial charge >= 0.3 is 0 Å². The highest BCUT2D eigenvalue weighted by atomic mass is 32.2. The van der Waals surface area contributed by atoms with Gasteiger partial charge in [-0.2, -0.15) is 10.2 Å². The van der Waals surface area contributed by atoms with Gasteiger partial charge in [0.1, 0.15) is 12.4 Å². The Labute approximate surface area is 136 Å². The van der Waals surface area contributed by atoms with Gasteiger partial charge in [-0.25, -0.2) is 9.50 Å². The van der Waals surface area contributed by atoms with Gasteiger partial charge in [0.2, 0.25) is 5.16 Å². The van der Waals surface area contributed by atoms with Crippen LogP contribution < -0.4 is 4.74 Å². The van der Waals surface area contributed by atoms with Crippen molar-refractivity contribution >= 4 is 17.5 Å². The highest BCUT2D eigenvalue weighted by Gasteiger charge is 2.10. The normalized spacial score (nSPS) is 12.0. The number of ether oxygens (including phenoxy) is 1. The number of aromatic nitrogens is 4. The van der Waals surface area contributed by atoms with Crippen LogP contribution in [0.4, 0.5) is 0 Å². The number of aliphatic hydroxyl groups excluding tert-OH is 1. The third kappa shape index (κ3) is 3.97. The van der Waals surface area contributed by atoms with E-state index in [9.17, 15) is 5.11 Å². The molecule has 0 spiro atoms. The SMILES string of the molecule is N#Cc1ccc(OC[C@@H](O)CSc2nc3ncccn3n2)cc1. The molecule has 2 aromatic heterocycles. The average Bonchev–Trinajstić information content (AvgIpc) is 3.01. The summed E-state index contributed by atoms with van der Waals surface area (Å²) in [5.41, 5.74) is 0.569. The lowest BCUT2D eigenvalue weighted by Crippen LogP contribution is -2.20. The van der Waals surface area contributed by atoms with Crippen LogP contribution in [-0.4, -0.2) is 43.2 Å². The molecule has 1 atom stereocenters. The molecule has 0 aliphatic rings. The molecular formula is C15H13N5O2S. The Morgan fingerprint density at radius 2 is 2.17 bits per heavy atom. The average molecular weight is 327 g/mol. The van der Waals surface area contributed by atoms with E-state index < -0.39 is 6.10 Å². The van der Waals surface area contributed by atoms with Gasteiger partial charge in [-0.1, -0.05) is 11.8 Å². The van der Waals surface area contributed by atoms with Gasteiger partial charge in [0.05, 0.1) is 17.7 Å². The first-order valence-corrected chi connectivity index (χ1v) is 7.84. The largest absolute Gasteiger partial charge is 0.491 e. The maximum absolute atomic E-state index is 9.97. The van der Waals surface area contributed by atoms with Crippen LogP contribution >= 0.6 is 11.8 Å². The number of benzene rings is 1. The molecule has 0 aliphatic heterocycles. The van der Waals surface area contributed by atoms with Gasteiger partial charge in [0.25, 0.3) is 5.78 Å². The standard InChI is InChI=1S/C15H13N5O2S/c16-8-11-2-4-13(5-3-11)22-9-12(21)10-23-15-18-14-17-6-1-7-20(14)19-15/h1-7,12,21H,9-10H2/t12-/m1/s1. The number of hydrogen-bond donors (Lipinski definition) is 1. The molecule has 3 rings (SSSR count). The van der Waals surface area contributed by atoms with Gasteiger partial charge in [-0.05, 0) is 30.3 Å². The fraction of sp³-hybridized carbons (Fsp3) is 0.200. The molecule has 23 heavy (non-hydrogen) atoms. The van der Waals surface area contributed by atoms with E-state index in [1.807, 2.05) is 6.07 Å². The van der Waals surface area contributed by atoms with Crippen molar-refractivity contribution in [1.29, 1.82) is 5.26 Å². The highest BCUT2D eigenvalue weighted by molar-refractivity contribution is 7.99. The predicted molar refractivity (Wildman–Crippen MR) is 84.2 cm³/mol. The predicted octanol–water partition coefficient (Wildman–Crippen LogP) is 1.53. The Morgan fingerprint density at radius 3 is 2.91 bits per heavy atom. The van der Waals surface area contributed by atoms with Crippen molar-refractivity contribution in [2.24, 2.45) is 0 Å². The van der Waals surface area contributed by atoms with Crippen LogP contribution in [0.2, 0.25) is 0 Å². The van der Waals surface area contributed by atoms with Crippen LogP contribution in [0.1, 0.15) is 5.56 Å². The first-order chi connectivity index (χ1) is 11.2. The number of hydrogen-bond acceptors (Lipinski definition) is 7. The van der Waals surface area contributed by atoms with Gasteiger partial charge in [0.15, 0.2) is 0 Å². The Morgan fingerprint density at radius 1 is 1.35 bits per heavy atom. The molecule has 0 radical (unpaired) electrons. The maximum Gasteiger partial charge on any atom is 0.253 e. The summed E-state index contributed by atoms with van der Waals surface area (Å²) >= 11 is 1.34. The summed E-state index contributed by atoms with van der Waals surface area (Å²) in [5, 5.41) is 23.5. The maximum atomic E-state index is 9.97. The lowest BCUT2D eigenvalue weighted by atomic mass is 10.2. The summed E-state index contributed by atoms with van der Waals surface area (Å²) in [7, 11) is 0. The topological polar surface area (TPSA) is 96.3 Å². The minimum absolute atomic E-state index is 0.157. The zero-order chi connectivity index (χ0) is 16.1. The molecule has 0 unspecified atom stereocenters. The quantitative estimate of drug-likeness (QED) is 0.686. The van der Waals surface area contributed by atoms with Gasteiger partial charge in [0, 0.05) is 18.1 Å². The van der Waals surface area contributed by atoms with Crippen LogP contribution in [0.25, 0.3) is 5.78 Å². The lowest BCUT2D eigenvalue weighted by Gasteiger charge is -2.11. The molecule has 0 fully saturated rings. The Hall–Kier alpha value is -2.63. The van der Waals surface area contributed by atoms with Crippen molar-refractivity contribution < 1.29 is 9.84 Å². The number of thioether (sulfide) groups is 1. The van der Waals surface area contributed by atoms with Gasteiger partial charge < -0.3 is 9.84 Å². The first kappa shape index (κ1) is 15.3. The van der Waals surface area contributed by atoms with E-state index in [1.165, 1.54) is 11.8 Å². The van der Waals surface area contributed by atoms with E-state index in [2.05, 4.69) is 15.1 Å². The van der Waals surface area contributed by atoms with E-state index >= 15 is 0 Å². The summed E-state index contributed by atoms with van der Waals surface area (Å²) in [6, 6.07) is 10.6. The number of fused-ring (bicyclic) bond motifs is 1. The van der Waals surface area contributed by atoms with Crippen molar-refractivity contribution in [1.82, 2.24) is 19.6 Å². The zero-order valence-corrected chi connectivity index (χ0v) is 12.8. The molecule has 7 nitrogen and oxygen atoms in total. The molecular weight excluding hydrogens is 314 g/mol. The Bertz CT molecular complexity index is 795. The second-order valence-electron chi connectivity index (χ2n) is 4.67. The van der Waals surface area contributed by atoms with Crippen molar-refractivity contribution in [3.8, 4) is 11.8 Å². The van der Waals surface area contributed by atoms with Gasteiger partial charge in [-0.15, -0.1) is 5.10 Å². The summed E-state index contributed by atoms with van der Waals surface area (Å²) in [6.45, 7) is 0.157. The van der Waals surface area contributed by atoms with Crippen LogP contribution in [0.5, 0.6) is 5.75 Å². The van der Waals surface area contributed by atoms with E-state index in [0.717, 1.165) is 0 Å². The smallest absolute Gasteiger partial charge is 0.253 e. The second kappa shape index (κ2) is 7.09. The molecule has 0 aliphatic carbocycles. The van der Waals surface area contributed by atoms with Gasteiger partial charge in [-0.3, -0.25) is 0 Å². The number of nitriles is 1. The fourth-order valence-electron chi connectivity index (χ4n) is 1.81. The molecule has 0 bridgehead atoms. The third-order valence-corrected chi connectivity index (χ3v) is 3.91. The number of aliphatic hydroxyl groups is 1. The molecule has 2 heterocycles. The van der Waals surface area contributed by atoms with E-state index in [-0.39, 0.29) is 6.61 Å². The highest BCUT2D eigenvalue weighted by Crippen LogP contribution is 2.16. The minimum Gasteiger partial charge on any atom is -0.491 e. The van der Waals surface area contributed by atoms with Crippen molar-refractivity contribution in [2.75, 3.05) is 12.4 Å².